The van der Waals surface area contributed by atoms with E-state index in [0.717, 1.165) is 19.3 Å². The molecule has 0 aromatic rings. The Kier molecular flexibility index (Phi) is 7.07. The van der Waals surface area contributed by atoms with Crippen LogP contribution in [0.15, 0.2) is 0 Å². The highest BCUT2D eigenvalue weighted by Crippen LogP contribution is 2.11. The molecule has 14 heavy (non-hydrogen) atoms. The summed E-state index contributed by atoms with van der Waals surface area (Å²) in [7, 11) is 0. The van der Waals surface area contributed by atoms with E-state index in [1.165, 1.54) is 0 Å². The zero-order valence-corrected chi connectivity index (χ0v) is 9.08. The molecule has 1 unspecified atom stereocenters. The van der Waals surface area contributed by atoms with Crippen LogP contribution >= 0.6 is 0 Å². The first-order chi connectivity index (χ1) is 6.56. The molecule has 0 spiro atoms. The van der Waals surface area contributed by atoms with Gasteiger partial charge in [-0.2, -0.15) is 0 Å². The van der Waals surface area contributed by atoms with Crippen LogP contribution in [0.1, 0.15) is 52.4 Å². The van der Waals surface area contributed by atoms with Crippen molar-refractivity contribution in [3.8, 4) is 0 Å². The minimum Gasteiger partial charge on any atom is -0.481 e. The summed E-state index contributed by atoms with van der Waals surface area (Å²) in [5, 5.41) is 8.50. The summed E-state index contributed by atoms with van der Waals surface area (Å²) in [5.74, 6) is -0.646. The Bertz CT molecular complexity index is 187. The molecular formula is C11H20O3. The second kappa shape index (κ2) is 7.54. The van der Waals surface area contributed by atoms with Crippen molar-refractivity contribution < 1.29 is 14.7 Å². The lowest BCUT2D eigenvalue weighted by molar-refractivity contribution is -0.138. The van der Waals surface area contributed by atoms with Crippen molar-refractivity contribution in [1.82, 2.24) is 0 Å². The van der Waals surface area contributed by atoms with Gasteiger partial charge < -0.3 is 5.11 Å². The van der Waals surface area contributed by atoms with Crippen molar-refractivity contribution in [3.63, 3.8) is 0 Å². The van der Waals surface area contributed by atoms with Crippen molar-refractivity contribution in [2.24, 2.45) is 5.92 Å². The molecule has 0 saturated carbocycles. The molecule has 0 rings (SSSR count). The smallest absolute Gasteiger partial charge is 0.303 e. The largest absolute Gasteiger partial charge is 0.481 e. The molecule has 1 atom stereocenters. The molecule has 0 saturated heterocycles. The number of unbranched alkanes of at least 4 members (excludes halogenated alkanes) is 2. The summed E-state index contributed by atoms with van der Waals surface area (Å²) >= 11 is 0. The van der Waals surface area contributed by atoms with E-state index < -0.39 is 5.97 Å². The summed E-state index contributed by atoms with van der Waals surface area (Å²) in [6, 6.07) is 0. The highest BCUT2D eigenvalue weighted by Gasteiger charge is 2.11. The third-order valence-corrected chi connectivity index (χ3v) is 2.16. The van der Waals surface area contributed by atoms with Gasteiger partial charge in [0.05, 0.1) is 0 Å². The number of carbonyl (C=O) groups is 2. The van der Waals surface area contributed by atoms with Gasteiger partial charge in [-0.1, -0.05) is 26.7 Å². The van der Waals surface area contributed by atoms with E-state index in [1.54, 1.807) is 0 Å². The first-order valence-corrected chi connectivity index (χ1v) is 5.29. The van der Waals surface area contributed by atoms with Crippen molar-refractivity contribution >= 4 is 11.8 Å². The summed E-state index contributed by atoms with van der Waals surface area (Å²) in [4.78, 5) is 21.7. The van der Waals surface area contributed by atoms with Gasteiger partial charge >= 0.3 is 5.97 Å². The number of hydrogen-bond acceptors (Lipinski definition) is 2. The number of rotatable bonds is 8. The monoisotopic (exact) mass is 200 g/mol. The van der Waals surface area contributed by atoms with Crippen molar-refractivity contribution in [1.29, 1.82) is 0 Å². The third kappa shape index (κ3) is 7.77. The fourth-order valence-corrected chi connectivity index (χ4v) is 1.43. The molecule has 3 heteroatoms. The molecule has 3 nitrogen and oxygen atoms in total. The predicted molar refractivity (Wildman–Crippen MR) is 55.2 cm³/mol. The minimum absolute atomic E-state index is 0.0263. The van der Waals surface area contributed by atoms with E-state index in [2.05, 4.69) is 6.92 Å². The van der Waals surface area contributed by atoms with Crippen LogP contribution < -0.4 is 0 Å². The summed E-state index contributed by atoms with van der Waals surface area (Å²) in [5.41, 5.74) is 0. The first kappa shape index (κ1) is 13.1. The number of carbonyl (C=O) groups excluding carboxylic acids is 1. The van der Waals surface area contributed by atoms with Crippen LogP contribution in [0.5, 0.6) is 0 Å². The number of carboxylic acids is 1. The molecule has 0 amide bonds. The molecule has 0 radical (unpaired) electrons. The summed E-state index contributed by atoms with van der Waals surface area (Å²) in [6.07, 6.45) is 4.25. The minimum atomic E-state index is -0.821. The maximum Gasteiger partial charge on any atom is 0.303 e. The topological polar surface area (TPSA) is 54.4 Å². The molecule has 0 fully saturated rings. The van der Waals surface area contributed by atoms with Crippen LogP contribution in [0.4, 0.5) is 0 Å². The third-order valence-electron chi connectivity index (χ3n) is 2.16. The number of carboxylic acid groups (broad SMARTS) is 1. The second-order valence-electron chi connectivity index (χ2n) is 3.90. The highest BCUT2D eigenvalue weighted by atomic mass is 16.4. The Balaban J connectivity index is 3.55. The van der Waals surface area contributed by atoms with Crippen LogP contribution in [0.3, 0.4) is 0 Å². The molecule has 0 aromatic carbocycles. The average Bonchev–Trinajstić information content (AvgIpc) is 2.02. The van der Waals surface area contributed by atoms with Crippen molar-refractivity contribution in [3.05, 3.63) is 0 Å². The lowest BCUT2D eigenvalue weighted by Gasteiger charge is -2.06. The van der Waals surface area contributed by atoms with E-state index >= 15 is 0 Å². The van der Waals surface area contributed by atoms with Gasteiger partial charge in [0, 0.05) is 19.3 Å². The Morgan fingerprint density at radius 3 is 2.36 bits per heavy atom. The normalized spacial score (nSPS) is 12.4. The summed E-state index contributed by atoms with van der Waals surface area (Å²) < 4.78 is 0. The van der Waals surface area contributed by atoms with E-state index in [4.69, 9.17) is 5.11 Å². The van der Waals surface area contributed by atoms with Gasteiger partial charge in [0.25, 0.3) is 0 Å². The van der Waals surface area contributed by atoms with Crippen LogP contribution in [0.2, 0.25) is 0 Å². The predicted octanol–water partition coefficient (Wildman–Crippen LogP) is 2.64. The van der Waals surface area contributed by atoms with Gasteiger partial charge in [-0.15, -0.1) is 0 Å². The van der Waals surface area contributed by atoms with Crippen LogP contribution in [0.25, 0.3) is 0 Å². The van der Waals surface area contributed by atoms with Crippen molar-refractivity contribution in [2.75, 3.05) is 0 Å². The molecule has 82 valence electrons. The molecule has 0 bridgehead atoms. The summed E-state index contributed by atoms with van der Waals surface area (Å²) in [6.45, 7) is 3.91. The van der Waals surface area contributed by atoms with Gasteiger partial charge in [-0.3, -0.25) is 9.59 Å². The van der Waals surface area contributed by atoms with Gasteiger partial charge in [0.2, 0.25) is 0 Å². The van der Waals surface area contributed by atoms with E-state index in [0.29, 0.717) is 12.8 Å². The van der Waals surface area contributed by atoms with Gasteiger partial charge in [-0.25, -0.2) is 0 Å². The molecule has 1 N–H and O–H groups in total. The Labute approximate surface area is 85.5 Å². The standard InChI is InChI=1S/C11H20O3/c1-3-4-5-6-10(12)7-9(2)8-11(13)14/h9H,3-8H2,1-2H3,(H,13,14). The van der Waals surface area contributed by atoms with Crippen LogP contribution in [0, 0.1) is 5.92 Å². The number of ketones is 1. The zero-order valence-electron chi connectivity index (χ0n) is 9.08. The van der Waals surface area contributed by atoms with Gasteiger partial charge in [0.1, 0.15) is 5.78 Å². The Hall–Kier alpha value is -0.860. The number of Topliss-reactive ketones (excluding diaryl/α,β-unsaturated/α-hetero) is 1. The molecule has 0 aromatic heterocycles. The van der Waals surface area contributed by atoms with Gasteiger partial charge in [-0.05, 0) is 12.3 Å². The van der Waals surface area contributed by atoms with E-state index in [9.17, 15) is 9.59 Å². The number of hydrogen-bond donors (Lipinski definition) is 1. The van der Waals surface area contributed by atoms with Crippen LogP contribution in [-0.2, 0) is 9.59 Å². The second-order valence-corrected chi connectivity index (χ2v) is 3.90. The maximum atomic E-state index is 11.3. The van der Waals surface area contributed by atoms with E-state index in [-0.39, 0.29) is 18.1 Å². The zero-order chi connectivity index (χ0) is 11.0. The lowest BCUT2D eigenvalue weighted by Crippen LogP contribution is -2.09. The highest BCUT2D eigenvalue weighted by molar-refractivity contribution is 5.79. The molecule has 0 aliphatic heterocycles. The molecule has 0 heterocycles. The fourth-order valence-electron chi connectivity index (χ4n) is 1.43. The quantitative estimate of drug-likeness (QED) is 0.613. The first-order valence-electron chi connectivity index (χ1n) is 5.29. The molecule has 0 aliphatic rings. The molecule has 0 aliphatic carbocycles. The van der Waals surface area contributed by atoms with Gasteiger partial charge in [0.15, 0.2) is 0 Å². The molecular weight excluding hydrogens is 180 g/mol. The Morgan fingerprint density at radius 2 is 1.86 bits per heavy atom. The SMILES string of the molecule is CCCCCC(=O)CC(C)CC(=O)O. The van der Waals surface area contributed by atoms with Crippen molar-refractivity contribution in [2.45, 2.75) is 52.4 Å². The van der Waals surface area contributed by atoms with Crippen LogP contribution in [-0.4, -0.2) is 16.9 Å². The maximum absolute atomic E-state index is 11.3. The average molecular weight is 200 g/mol. The number of aliphatic carboxylic acids is 1. The fraction of sp³-hybridized carbons (Fsp3) is 0.818. The van der Waals surface area contributed by atoms with E-state index in [1.807, 2.05) is 6.92 Å². The Morgan fingerprint density at radius 1 is 1.21 bits per heavy atom. The lowest BCUT2D eigenvalue weighted by atomic mass is 9.98.